The fourth-order valence-electron chi connectivity index (χ4n) is 3.45. The molecule has 1 N–H and O–H groups in total. The number of aromatic nitrogens is 2. The fourth-order valence-corrected chi connectivity index (χ4v) is 3.45. The molecule has 0 aliphatic heterocycles. The van der Waals surface area contributed by atoms with Gasteiger partial charge < -0.3 is 9.55 Å². The van der Waals surface area contributed by atoms with Crippen LogP contribution in [0.1, 0.15) is 5.56 Å². The Morgan fingerprint density at radius 1 is 0.846 bits per heavy atom. The summed E-state index contributed by atoms with van der Waals surface area (Å²) in [5.74, 6) is 0. The van der Waals surface area contributed by atoms with E-state index in [1.54, 1.807) is 29.9 Å². The van der Waals surface area contributed by atoms with Gasteiger partial charge in [-0.1, -0.05) is 30.3 Å². The lowest BCUT2D eigenvalue weighted by Gasteiger charge is -2.14. The van der Waals surface area contributed by atoms with Crippen molar-refractivity contribution in [1.29, 1.82) is 0 Å². The first-order valence-corrected chi connectivity index (χ1v) is 8.44. The van der Waals surface area contributed by atoms with Gasteiger partial charge in [0.05, 0.1) is 5.52 Å². The average molecular weight is 342 g/mol. The molecule has 0 atom stereocenters. The lowest BCUT2D eigenvalue weighted by Crippen LogP contribution is -2.20. The van der Waals surface area contributed by atoms with Gasteiger partial charge in [0, 0.05) is 29.9 Å². The van der Waals surface area contributed by atoms with Crippen molar-refractivity contribution in [3.8, 4) is 22.3 Å². The van der Waals surface area contributed by atoms with Crippen LogP contribution < -0.4 is 11.1 Å². The summed E-state index contributed by atoms with van der Waals surface area (Å²) in [6, 6.07) is 19.1. The van der Waals surface area contributed by atoms with E-state index in [4.69, 9.17) is 0 Å². The minimum Gasteiger partial charge on any atom is -0.329 e. The van der Waals surface area contributed by atoms with Crippen molar-refractivity contribution >= 4 is 10.9 Å². The predicted octanol–water partition coefficient (Wildman–Crippen LogP) is 3.87. The first-order chi connectivity index (χ1) is 12.6. The minimum absolute atomic E-state index is 0.0823. The fraction of sp³-hybridized carbons (Fsp3) is 0.0909. The second-order valence-corrected chi connectivity index (χ2v) is 6.45. The molecule has 4 rings (SSSR count). The highest BCUT2D eigenvalue weighted by atomic mass is 16.1. The number of nitrogens with zero attached hydrogens (tertiary/aromatic N) is 1. The standard InChI is InChI=1S/C22H18N2O2/c1-14-11-16-13-18(15-7-4-3-5-8-15)22(26)24(2)20(16)19(12-14)17-9-6-10-23-21(17)25/h3-13H,1-2H3,(H,23,25). The van der Waals surface area contributed by atoms with Crippen molar-refractivity contribution in [2.75, 3.05) is 0 Å². The molecule has 2 heterocycles. The van der Waals surface area contributed by atoms with Crippen molar-refractivity contribution in [1.82, 2.24) is 9.55 Å². The average Bonchev–Trinajstić information content (AvgIpc) is 2.65. The Balaban J connectivity index is 2.12. The maximum atomic E-state index is 13.0. The quantitative estimate of drug-likeness (QED) is 0.601. The molecule has 2 aromatic heterocycles. The Kier molecular flexibility index (Phi) is 3.81. The van der Waals surface area contributed by atoms with E-state index in [0.717, 1.165) is 27.6 Å². The van der Waals surface area contributed by atoms with Crippen LogP contribution in [0.3, 0.4) is 0 Å². The van der Waals surface area contributed by atoms with E-state index in [1.165, 1.54) is 0 Å². The van der Waals surface area contributed by atoms with Crippen LogP contribution in [0, 0.1) is 6.92 Å². The molecule has 0 radical (unpaired) electrons. The van der Waals surface area contributed by atoms with E-state index in [9.17, 15) is 9.59 Å². The highest BCUT2D eigenvalue weighted by Gasteiger charge is 2.15. The summed E-state index contributed by atoms with van der Waals surface area (Å²) < 4.78 is 1.64. The Morgan fingerprint density at radius 3 is 2.35 bits per heavy atom. The molecular weight excluding hydrogens is 324 g/mol. The van der Waals surface area contributed by atoms with Gasteiger partial charge in [-0.2, -0.15) is 0 Å². The van der Waals surface area contributed by atoms with Gasteiger partial charge in [-0.25, -0.2) is 0 Å². The second kappa shape index (κ2) is 6.15. The van der Waals surface area contributed by atoms with Gasteiger partial charge in [0.2, 0.25) is 0 Å². The molecule has 128 valence electrons. The molecule has 0 fully saturated rings. The second-order valence-electron chi connectivity index (χ2n) is 6.45. The molecule has 0 saturated heterocycles. The van der Waals surface area contributed by atoms with Crippen LogP contribution in [0.25, 0.3) is 33.2 Å². The number of rotatable bonds is 2. The van der Waals surface area contributed by atoms with Crippen LogP contribution in [0.4, 0.5) is 0 Å². The Morgan fingerprint density at radius 2 is 1.62 bits per heavy atom. The summed E-state index contributed by atoms with van der Waals surface area (Å²) in [6.45, 7) is 1.99. The molecule has 4 aromatic rings. The van der Waals surface area contributed by atoms with Crippen molar-refractivity contribution < 1.29 is 0 Å². The lowest BCUT2D eigenvalue weighted by atomic mass is 9.97. The SMILES string of the molecule is Cc1cc(-c2ccc[nH]c2=O)c2c(c1)cc(-c1ccccc1)c(=O)n2C. The third kappa shape index (κ3) is 2.56. The molecule has 4 nitrogen and oxygen atoms in total. The highest BCUT2D eigenvalue weighted by Crippen LogP contribution is 2.29. The van der Waals surface area contributed by atoms with Crippen molar-refractivity contribution in [2.24, 2.45) is 7.05 Å². The van der Waals surface area contributed by atoms with E-state index in [1.807, 2.05) is 55.5 Å². The van der Waals surface area contributed by atoms with E-state index in [0.29, 0.717) is 11.1 Å². The zero-order chi connectivity index (χ0) is 18.3. The topological polar surface area (TPSA) is 54.9 Å². The van der Waals surface area contributed by atoms with Crippen molar-refractivity contribution in [2.45, 2.75) is 6.92 Å². The van der Waals surface area contributed by atoms with Crippen molar-refractivity contribution in [3.05, 3.63) is 93.1 Å². The number of aromatic amines is 1. The highest BCUT2D eigenvalue weighted by molar-refractivity contribution is 5.96. The number of pyridine rings is 2. The van der Waals surface area contributed by atoms with Crippen LogP contribution in [0.5, 0.6) is 0 Å². The van der Waals surface area contributed by atoms with Gasteiger partial charge in [-0.05, 0) is 53.8 Å². The van der Waals surface area contributed by atoms with Crippen LogP contribution in [0.15, 0.2) is 76.4 Å². The summed E-state index contributed by atoms with van der Waals surface area (Å²) in [4.78, 5) is 28.0. The minimum atomic E-state index is -0.168. The van der Waals surface area contributed by atoms with Gasteiger partial charge in [0.1, 0.15) is 0 Å². The number of hydrogen-bond acceptors (Lipinski definition) is 2. The summed E-state index contributed by atoms with van der Waals surface area (Å²) in [5.41, 5.74) is 4.41. The van der Waals surface area contributed by atoms with Crippen molar-refractivity contribution in [3.63, 3.8) is 0 Å². The van der Waals surface area contributed by atoms with Crippen LogP contribution >= 0.6 is 0 Å². The maximum Gasteiger partial charge on any atom is 0.258 e. The summed E-state index contributed by atoms with van der Waals surface area (Å²) >= 11 is 0. The molecule has 0 aliphatic rings. The lowest BCUT2D eigenvalue weighted by molar-refractivity contribution is 0.909. The van der Waals surface area contributed by atoms with Crippen LogP contribution in [-0.2, 0) is 7.05 Å². The Hall–Kier alpha value is -3.40. The molecule has 4 heteroatoms. The van der Waals surface area contributed by atoms with Gasteiger partial charge >= 0.3 is 0 Å². The molecule has 0 bridgehead atoms. The zero-order valence-electron chi connectivity index (χ0n) is 14.6. The van der Waals surface area contributed by atoms with E-state index < -0.39 is 0 Å². The molecular formula is C22H18N2O2. The smallest absolute Gasteiger partial charge is 0.258 e. The molecule has 26 heavy (non-hydrogen) atoms. The van der Waals surface area contributed by atoms with Gasteiger partial charge in [-0.15, -0.1) is 0 Å². The molecule has 0 aliphatic carbocycles. The van der Waals surface area contributed by atoms with E-state index in [-0.39, 0.29) is 11.1 Å². The third-order valence-electron chi connectivity index (χ3n) is 4.65. The first kappa shape index (κ1) is 16.1. The van der Waals surface area contributed by atoms with E-state index in [2.05, 4.69) is 4.98 Å². The monoisotopic (exact) mass is 342 g/mol. The Bertz CT molecular complexity index is 1230. The maximum absolute atomic E-state index is 13.0. The van der Waals surface area contributed by atoms with Crippen LogP contribution in [-0.4, -0.2) is 9.55 Å². The zero-order valence-corrected chi connectivity index (χ0v) is 14.6. The summed E-state index contributed by atoms with van der Waals surface area (Å²) in [5, 5.41) is 0.934. The van der Waals surface area contributed by atoms with E-state index >= 15 is 0 Å². The number of nitrogens with one attached hydrogen (secondary N) is 1. The van der Waals surface area contributed by atoms with Gasteiger partial charge in [0.25, 0.3) is 11.1 Å². The molecule has 0 unspecified atom stereocenters. The first-order valence-electron chi connectivity index (χ1n) is 8.44. The largest absolute Gasteiger partial charge is 0.329 e. The number of aryl methyl sites for hydroxylation is 2. The number of hydrogen-bond donors (Lipinski definition) is 1. The summed E-state index contributed by atoms with van der Waals surface area (Å²) in [6.07, 6.45) is 1.61. The third-order valence-corrected chi connectivity index (χ3v) is 4.65. The Labute approximate surface area is 150 Å². The number of benzene rings is 2. The number of fused-ring (bicyclic) bond motifs is 1. The molecule has 0 amide bonds. The normalized spacial score (nSPS) is 11.0. The van der Waals surface area contributed by atoms with Crippen LogP contribution in [0.2, 0.25) is 0 Å². The predicted molar refractivity (Wildman–Crippen MR) is 105 cm³/mol. The summed E-state index contributed by atoms with van der Waals surface area (Å²) in [7, 11) is 1.76. The molecule has 0 spiro atoms. The molecule has 0 saturated carbocycles. The van der Waals surface area contributed by atoms with Gasteiger partial charge in [-0.3, -0.25) is 9.59 Å². The van der Waals surface area contributed by atoms with Gasteiger partial charge in [0.15, 0.2) is 0 Å². The molecule has 2 aromatic carbocycles. The number of H-pyrrole nitrogens is 1.